The first kappa shape index (κ1) is 7.65. The zero-order valence-corrected chi connectivity index (χ0v) is 6.18. The first-order chi connectivity index (χ1) is 5.72. The van der Waals surface area contributed by atoms with E-state index in [1.54, 1.807) is 12.1 Å². The first-order valence-corrected chi connectivity index (χ1v) is 3.73. The number of halogens is 3. The second-order valence-electron chi connectivity index (χ2n) is 2.88. The smallest absolute Gasteiger partial charge is 0.171 e. The van der Waals surface area contributed by atoms with Crippen molar-refractivity contribution in [2.75, 3.05) is 0 Å². The molecule has 0 aliphatic heterocycles. The summed E-state index contributed by atoms with van der Waals surface area (Å²) in [5, 5.41) is 0. The Kier molecular flexibility index (Phi) is 1.60. The fourth-order valence-electron chi connectivity index (χ4n) is 1.50. The first-order valence-electron chi connectivity index (χ1n) is 3.73. The summed E-state index contributed by atoms with van der Waals surface area (Å²) in [5.74, 6) is 0. The predicted molar refractivity (Wildman–Crippen MR) is 39.0 cm³/mol. The van der Waals surface area contributed by atoms with Gasteiger partial charge in [0.15, 0.2) is 18.5 Å². The Morgan fingerprint density at radius 2 is 1.25 bits per heavy atom. The Labute approximate surface area is 68.0 Å². The van der Waals surface area contributed by atoms with Gasteiger partial charge in [-0.1, -0.05) is 24.3 Å². The van der Waals surface area contributed by atoms with E-state index in [1.807, 2.05) is 0 Å². The molecule has 2 atom stereocenters. The van der Waals surface area contributed by atoms with Crippen molar-refractivity contribution in [2.45, 2.75) is 18.5 Å². The van der Waals surface area contributed by atoms with E-state index in [9.17, 15) is 13.2 Å². The van der Waals surface area contributed by atoms with E-state index < -0.39 is 18.5 Å². The van der Waals surface area contributed by atoms with Crippen molar-refractivity contribution >= 4 is 0 Å². The monoisotopic (exact) mass is 172 g/mol. The van der Waals surface area contributed by atoms with Gasteiger partial charge in [-0.15, -0.1) is 0 Å². The van der Waals surface area contributed by atoms with Crippen LogP contribution < -0.4 is 0 Å². The maximum Gasteiger partial charge on any atom is 0.171 e. The summed E-state index contributed by atoms with van der Waals surface area (Å²) in [7, 11) is 0. The minimum atomic E-state index is -2.03. The van der Waals surface area contributed by atoms with Crippen LogP contribution in [-0.4, -0.2) is 6.17 Å². The van der Waals surface area contributed by atoms with Gasteiger partial charge in [-0.2, -0.15) is 0 Å². The molecular formula is C9H7F3. The van der Waals surface area contributed by atoms with Crippen LogP contribution in [0.4, 0.5) is 13.2 Å². The molecule has 1 aromatic rings. The van der Waals surface area contributed by atoms with Crippen LogP contribution in [0.15, 0.2) is 24.3 Å². The molecular weight excluding hydrogens is 165 g/mol. The van der Waals surface area contributed by atoms with Gasteiger partial charge in [0, 0.05) is 0 Å². The molecule has 1 aromatic carbocycles. The summed E-state index contributed by atoms with van der Waals surface area (Å²) in [5.41, 5.74) is 0.301. The lowest BCUT2D eigenvalue weighted by Gasteiger charge is -2.03. The number of alkyl halides is 3. The van der Waals surface area contributed by atoms with Gasteiger partial charge in [-0.05, 0) is 11.1 Å². The maximum absolute atomic E-state index is 12.9. The number of rotatable bonds is 0. The Balaban J connectivity index is 2.52. The summed E-state index contributed by atoms with van der Waals surface area (Å²) in [6.45, 7) is 0. The summed E-state index contributed by atoms with van der Waals surface area (Å²) in [6, 6.07) is 6.00. The number of hydrogen-bond donors (Lipinski definition) is 0. The van der Waals surface area contributed by atoms with Gasteiger partial charge in [-0.3, -0.25) is 0 Å². The van der Waals surface area contributed by atoms with Gasteiger partial charge in [0.25, 0.3) is 0 Å². The van der Waals surface area contributed by atoms with Crippen molar-refractivity contribution in [3.05, 3.63) is 35.4 Å². The molecule has 0 aromatic heterocycles. The Hall–Kier alpha value is -0.990. The molecule has 0 nitrogen and oxygen atoms in total. The molecule has 0 heterocycles. The number of fused-ring (bicyclic) bond motifs is 1. The van der Waals surface area contributed by atoms with E-state index in [-0.39, 0.29) is 11.1 Å². The highest BCUT2D eigenvalue weighted by molar-refractivity contribution is 5.37. The molecule has 0 saturated heterocycles. The lowest BCUT2D eigenvalue weighted by Crippen LogP contribution is -2.05. The second-order valence-corrected chi connectivity index (χ2v) is 2.88. The van der Waals surface area contributed by atoms with Crippen LogP contribution in [0.5, 0.6) is 0 Å². The summed E-state index contributed by atoms with van der Waals surface area (Å²) >= 11 is 0. The quantitative estimate of drug-likeness (QED) is 0.564. The van der Waals surface area contributed by atoms with E-state index in [4.69, 9.17) is 0 Å². The van der Waals surface area contributed by atoms with Gasteiger partial charge in [0.05, 0.1) is 0 Å². The average molecular weight is 172 g/mol. The third-order valence-electron chi connectivity index (χ3n) is 2.15. The third-order valence-corrected chi connectivity index (χ3v) is 2.15. The van der Waals surface area contributed by atoms with Crippen molar-refractivity contribution < 1.29 is 13.2 Å². The van der Waals surface area contributed by atoms with Crippen LogP contribution in [0, 0.1) is 0 Å². The van der Waals surface area contributed by atoms with Crippen LogP contribution >= 0.6 is 0 Å². The van der Waals surface area contributed by atoms with Crippen molar-refractivity contribution in [1.29, 1.82) is 0 Å². The Bertz CT molecular complexity index is 269. The fraction of sp³-hybridized carbons (Fsp3) is 0.333. The van der Waals surface area contributed by atoms with Crippen molar-refractivity contribution in [2.24, 2.45) is 0 Å². The Morgan fingerprint density at radius 3 is 1.67 bits per heavy atom. The molecule has 0 radical (unpaired) electrons. The molecule has 1 aliphatic carbocycles. The second kappa shape index (κ2) is 2.51. The van der Waals surface area contributed by atoms with Crippen LogP contribution in [-0.2, 0) is 0 Å². The van der Waals surface area contributed by atoms with Crippen LogP contribution in [0.2, 0.25) is 0 Å². The minimum Gasteiger partial charge on any atom is -0.240 e. The van der Waals surface area contributed by atoms with Crippen LogP contribution in [0.25, 0.3) is 0 Å². The van der Waals surface area contributed by atoms with Gasteiger partial charge in [-0.25, -0.2) is 13.2 Å². The lowest BCUT2D eigenvalue weighted by atomic mass is 10.1. The number of hydrogen-bond acceptors (Lipinski definition) is 0. The van der Waals surface area contributed by atoms with E-state index in [0.29, 0.717) is 0 Å². The zero-order chi connectivity index (χ0) is 8.72. The molecule has 0 spiro atoms. The predicted octanol–water partition coefficient (Wildman–Crippen LogP) is 3.06. The molecule has 1 aliphatic rings. The van der Waals surface area contributed by atoms with Gasteiger partial charge in [0.1, 0.15) is 0 Å². The van der Waals surface area contributed by atoms with E-state index in [1.165, 1.54) is 12.1 Å². The van der Waals surface area contributed by atoms with Crippen LogP contribution in [0.3, 0.4) is 0 Å². The van der Waals surface area contributed by atoms with Crippen molar-refractivity contribution in [3.63, 3.8) is 0 Å². The summed E-state index contributed by atoms with van der Waals surface area (Å²) in [4.78, 5) is 0. The molecule has 0 fully saturated rings. The number of benzene rings is 1. The molecule has 64 valence electrons. The maximum atomic E-state index is 12.9. The molecule has 2 rings (SSSR count). The Morgan fingerprint density at radius 1 is 0.833 bits per heavy atom. The highest BCUT2D eigenvalue weighted by atomic mass is 19.2. The molecule has 12 heavy (non-hydrogen) atoms. The average Bonchev–Trinajstić information content (AvgIpc) is 2.33. The van der Waals surface area contributed by atoms with E-state index >= 15 is 0 Å². The van der Waals surface area contributed by atoms with Crippen molar-refractivity contribution in [3.8, 4) is 0 Å². The van der Waals surface area contributed by atoms with E-state index in [0.717, 1.165) is 0 Å². The molecule has 0 N–H and O–H groups in total. The SMILES string of the molecule is FC1c2ccccc2C(F)C1F. The largest absolute Gasteiger partial charge is 0.240 e. The molecule has 2 unspecified atom stereocenters. The molecule has 3 heteroatoms. The molecule has 0 bridgehead atoms. The van der Waals surface area contributed by atoms with Gasteiger partial charge < -0.3 is 0 Å². The highest BCUT2D eigenvalue weighted by Gasteiger charge is 2.41. The van der Waals surface area contributed by atoms with Crippen LogP contribution in [0.1, 0.15) is 23.5 Å². The highest BCUT2D eigenvalue weighted by Crippen LogP contribution is 2.44. The zero-order valence-electron chi connectivity index (χ0n) is 6.18. The van der Waals surface area contributed by atoms with Crippen molar-refractivity contribution in [1.82, 2.24) is 0 Å². The summed E-state index contributed by atoms with van der Waals surface area (Å²) < 4.78 is 38.6. The minimum absolute atomic E-state index is 0.150. The lowest BCUT2D eigenvalue weighted by molar-refractivity contribution is 0.107. The summed E-state index contributed by atoms with van der Waals surface area (Å²) in [6.07, 6.45) is -5.62. The topological polar surface area (TPSA) is 0 Å². The standard InChI is InChI=1S/C9H7F3/c10-7-5-3-1-2-4-6(5)8(11)9(7)12/h1-4,7-9H. The molecule has 0 saturated carbocycles. The van der Waals surface area contributed by atoms with E-state index in [2.05, 4.69) is 0 Å². The van der Waals surface area contributed by atoms with Gasteiger partial charge >= 0.3 is 0 Å². The fourth-order valence-corrected chi connectivity index (χ4v) is 1.50. The van der Waals surface area contributed by atoms with Gasteiger partial charge in [0.2, 0.25) is 0 Å². The third kappa shape index (κ3) is 0.854. The molecule has 0 amide bonds. The normalized spacial score (nSPS) is 33.4.